The van der Waals surface area contributed by atoms with Crippen LogP contribution in [0.2, 0.25) is 5.02 Å². The van der Waals surface area contributed by atoms with E-state index in [1.54, 1.807) is 11.3 Å². The van der Waals surface area contributed by atoms with Crippen LogP contribution in [0.1, 0.15) is 25.7 Å². The summed E-state index contributed by atoms with van der Waals surface area (Å²) in [7, 11) is 0. The second-order valence-corrected chi connectivity index (χ2v) is 5.89. The van der Waals surface area contributed by atoms with Crippen LogP contribution in [0.4, 0.5) is 0 Å². The molecule has 2 rings (SSSR count). The Morgan fingerprint density at radius 3 is 2.59 bits per heavy atom. The topological polar surface area (TPSA) is 17.1 Å². The number of ketones is 1. The van der Waals surface area contributed by atoms with Gasteiger partial charge in [0.25, 0.3) is 0 Å². The zero-order valence-electron chi connectivity index (χ0n) is 9.79. The minimum absolute atomic E-state index is 0.139. The molecule has 0 N–H and O–H groups in total. The number of Topliss-reactive ketones (excluding diaryl/α,β-unsaturated/α-hetero) is 1. The van der Waals surface area contributed by atoms with Gasteiger partial charge in [-0.15, -0.1) is 11.3 Å². The molecule has 1 heterocycles. The van der Waals surface area contributed by atoms with E-state index in [4.69, 9.17) is 11.6 Å². The van der Waals surface area contributed by atoms with E-state index in [2.05, 4.69) is 0 Å². The molecule has 0 aliphatic carbocycles. The Labute approximate surface area is 110 Å². The van der Waals surface area contributed by atoms with Crippen LogP contribution in [0.5, 0.6) is 0 Å². The fourth-order valence-corrected chi connectivity index (χ4v) is 2.96. The fraction of sp³-hybridized carbons (Fsp3) is 0.214. The van der Waals surface area contributed by atoms with Gasteiger partial charge in [-0.1, -0.05) is 29.8 Å². The van der Waals surface area contributed by atoms with Crippen LogP contribution < -0.4 is 0 Å². The lowest BCUT2D eigenvalue weighted by molar-refractivity contribution is 0.0993. The van der Waals surface area contributed by atoms with E-state index in [0.29, 0.717) is 11.4 Å². The SMILES string of the molecule is Cc1cc(C(=O)Cc2ccccc2Cl)c(C)s1. The Hall–Kier alpha value is -1.12. The summed E-state index contributed by atoms with van der Waals surface area (Å²) >= 11 is 7.71. The Morgan fingerprint density at radius 1 is 1.29 bits per heavy atom. The fourth-order valence-electron chi connectivity index (χ4n) is 1.82. The van der Waals surface area contributed by atoms with Gasteiger partial charge in [0.05, 0.1) is 0 Å². The van der Waals surface area contributed by atoms with Gasteiger partial charge in [0, 0.05) is 26.8 Å². The van der Waals surface area contributed by atoms with Crippen molar-refractivity contribution in [1.29, 1.82) is 0 Å². The van der Waals surface area contributed by atoms with Gasteiger partial charge < -0.3 is 0 Å². The molecule has 17 heavy (non-hydrogen) atoms. The molecule has 1 nitrogen and oxygen atoms in total. The molecule has 2 aromatic rings. The van der Waals surface area contributed by atoms with Crippen molar-refractivity contribution < 1.29 is 4.79 Å². The van der Waals surface area contributed by atoms with E-state index < -0.39 is 0 Å². The van der Waals surface area contributed by atoms with Gasteiger partial charge in [-0.25, -0.2) is 0 Å². The van der Waals surface area contributed by atoms with Gasteiger partial charge in [-0.05, 0) is 31.5 Å². The van der Waals surface area contributed by atoms with Crippen molar-refractivity contribution in [3.8, 4) is 0 Å². The summed E-state index contributed by atoms with van der Waals surface area (Å²) in [6, 6.07) is 9.44. The molecule has 0 atom stereocenters. The van der Waals surface area contributed by atoms with Crippen LogP contribution in [-0.2, 0) is 6.42 Å². The average Bonchev–Trinajstić information content (AvgIpc) is 2.61. The molecular formula is C14H13ClOS. The summed E-state index contributed by atoms with van der Waals surface area (Å²) in [5.41, 5.74) is 1.72. The van der Waals surface area contributed by atoms with Crippen molar-refractivity contribution in [3.63, 3.8) is 0 Å². The van der Waals surface area contributed by atoms with Crippen molar-refractivity contribution in [2.45, 2.75) is 20.3 Å². The van der Waals surface area contributed by atoms with Gasteiger partial charge in [0.2, 0.25) is 0 Å². The number of halogens is 1. The molecule has 0 spiro atoms. The lowest BCUT2D eigenvalue weighted by Crippen LogP contribution is -2.04. The van der Waals surface area contributed by atoms with Gasteiger partial charge in [0.1, 0.15) is 0 Å². The number of thiophene rings is 1. The van der Waals surface area contributed by atoms with E-state index in [1.807, 2.05) is 44.2 Å². The largest absolute Gasteiger partial charge is 0.294 e. The molecule has 0 aliphatic rings. The van der Waals surface area contributed by atoms with Crippen molar-refractivity contribution in [1.82, 2.24) is 0 Å². The number of carbonyl (C=O) groups is 1. The maximum absolute atomic E-state index is 12.1. The second-order valence-electron chi connectivity index (χ2n) is 4.02. The summed E-state index contributed by atoms with van der Waals surface area (Å²) in [6.45, 7) is 4.00. The van der Waals surface area contributed by atoms with E-state index in [9.17, 15) is 4.79 Å². The predicted octanol–water partition coefficient (Wildman–Crippen LogP) is 4.44. The van der Waals surface area contributed by atoms with Gasteiger partial charge in [0.15, 0.2) is 5.78 Å². The Morgan fingerprint density at radius 2 is 2.00 bits per heavy atom. The molecule has 0 bridgehead atoms. The molecule has 0 unspecified atom stereocenters. The summed E-state index contributed by atoms with van der Waals surface area (Å²) in [6.07, 6.45) is 0.372. The average molecular weight is 265 g/mol. The van der Waals surface area contributed by atoms with Crippen LogP contribution in [0.3, 0.4) is 0 Å². The number of aryl methyl sites for hydroxylation is 2. The minimum atomic E-state index is 0.139. The zero-order valence-corrected chi connectivity index (χ0v) is 11.4. The smallest absolute Gasteiger partial charge is 0.168 e. The van der Waals surface area contributed by atoms with Crippen LogP contribution in [0.15, 0.2) is 30.3 Å². The monoisotopic (exact) mass is 264 g/mol. The zero-order chi connectivity index (χ0) is 12.4. The molecule has 88 valence electrons. The Bertz CT molecular complexity index is 557. The molecule has 0 aliphatic heterocycles. The summed E-state index contributed by atoms with van der Waals surface area (Å²) < 4.78 is 0. The molecular weight excluding hydrogens is 252 g/mol. The van der Waals surface area contributed by atoms with Crippen LogP contribution in [0, 0.1) is 13.8 Å². The third kappa shape index (κ3) is 2.76. The first-order chi connectivity index (χ1) is 8.08. The lowest BCUT2D eigenvalue weighted by atomic mass is 10.0. The van der Waals surface area contributed by atoms with E-state index in [1.165, 1.54) is 4.88 Å². The third-order valence-corrected chi connectivity index (χ3v) is 3.98. The van der Waals surface area contributed by atoms with Crippen molar-refractivity contribution >= 4 is 28.7 Å². The highest BCUT2D eigenvalue weighted by Crippen LogP contribution is 2.23. The third-order valence-electron chi connectivity index (χ3n) is 2.65. The molecule has 0 fully saturated rings. The molecule has 1 aromatic heterocycles. The molecule has 3 heteroatoms. The van der Waals surface area contributed by atoms with Crippen molar-refractivity contribution in [3.05, 3.63) is 56.2 Å². The minimum Gasteiger partial charge on any atom is -0.294 e. The van der Waals surface area contributed by atoms with E-state index in [-0.39, 0.29) is 5.78 Å². The van der Waals surface area contributed by atoms with Gasteiger partial charge >= 0.3 is 0 Å². The lowest BCUT2D eigenvalue weighted by Gasteiger charge is -2.03. The van der Waals surface area contributed by atoms with Gasteiger partial charge in [-0.2, -0.15) is 0 Å². The molecule has 1 aromatic carbocycles. The Balaban J connectivity index is 2.23. The summed E-state index contributed by atoms with van der Waals surface area (Å²) in [5, 5.41) is 0.658. The highest BCUT2D eigenvalue weighted by Gasteiger charge is 2.13. The normalized spacial score (nSPS) is 10.5. The standard InChI is InChI=1S/C14H13ClOS/c1-9-7-12(10(2)17-9)14(16)8-11-5-3-4-6-13(11)15/h3-7H,8H2,1-2H3. The van der Waals surface area contributed by atoms with Crippen molar-refractivity contribution in [2.24, 2.45) is 0 Å². The van der Waals surface area contributed by atoms with Gasteiger partial charge in [-0.3, -0.25) is 4.79 Å². The highest BCUT2D eigenvalue weighted by molar-refractivity contribution is 7.12. The highest BCUT2D eigenvalue weighted by atomic mass is 35.5. The summed E-state index contributed by atoms with van der Waals surface area (Å²) in [4.78, 5) is 14.4. The first-order valence-corrected chi connectivity index (χ1v) is 6.61. The molecule has 0 saturated heterocycles. The molecule has 0 amide bonds. The number of hydrogen-bond acceptors (Lipinski definition) is 2. The molecule has 0 radical (unpaired) electrons. The number of benzene rings is 1. The van der Waals surface area contributed by atoms with E-state index in [0.717, 1.165) is 16.0 Å². The van der Waals surface area contributed by atoms with Crippen LogP contribution >= 0.6 is 22.9 Å². The van der Waals surface area contributed by atoms with E-state index >= 15 is 0 Å². The Kier molecular flexibility index (Phi) is 3.65. The first-order valence-electron chi connectivity index (χ1n) is 5.41. The maximum Gasteiger partial charge on any atom is 0.168 e. The van der Waals surface area contributed by atoms with Crippen molar-refractivity contribution in [2.75, 3.05) is 0 Å². The predicted molar refractivity (Wildman–Crippen MR) is 73.3 cm³/mol. The number of hydrogen-bond donors (Lipinski definition) is 0. The number of rotatable bonds is 3. The van der Waals surface area contributed by atoms with Crippen LogP contribution in [0.25, 0.3) is 0 Å². The number of carbonyl (C=O) groups excluding carboxylic acids is 1. The second kappa shape index (κ2) is 5.03. The molecule has 0 saturated carbocycles. The first kappa shape index (κ1) is 12.3. The summed E-state index contributed by atoms with van der Waals surface area (Å²) in [5.74, 6) is 0.139. The quantitative estimate of drug-likeness (QED) is 0.749. The maximum atomic E-state index is 12.1. The van der Waals surface area contributed by atoms with Crippen LogP contribution in [-0.4, -0.2) is 5.78 Å².